The van der Waals surface area contributed by atoms with Crippen molar-refractivity contribution >= 4 is 33.4 Å². The van der Waals surface area contributed by atoms with Crippen LogP contribution in [0, 0.1) is 17.2 Å². The molecule has 0 bridgehead atoms. The molecule has 0 aromatic carbocycles. The first-order valence-electron chi connectivity index (χ1n) is 8.21. The zero-order valence-corrected chi connectivity index (χ0v) is 14.9. The van der Waals surface area contributed by atoms with Gasteiger partial charge in [-0.05, 0) is 42.1 Å². The molecule has 0 radical (unpaired) electrons. The van der Waals surface area contributed by atoms with Crippen molar-refractivity contribution in [1.29, 1.82) is 5.26 Å². The SMILES string of the molecule is CCNc1nc(Nc2cn([C@@H]3CC3C#N)nc2C2CC2)ncc1Br. The summed E-state index contributed by atoms with van der Waals surface area (Å²) >= 11 is 3.45. The maximum absolute atomic E-state index is 9.04. The van der Waals surface area contributed by atoms with E-state index in [2.05, 4.69) is 42.6 Å². The number of halogens is 1. The van der Waals surface area contributed by atoms with Gasteiger partial charge in [-0.1, -0.05) is 0 Å². The normalized spacial score (nSPS) is 22.0. The van der Waals surface area contributed by atoms with Gasteiger partial charge in [-0.15, -0.1) is 0 Å². The van der Waals surface area contributed by atoms with Crippen LogP contribution in [0.4, 0.5) is 17.5 Å². The molecule has 2 aliphatic carbocycles. The minimum absolute atomic E-state index is 0.0918. The molecule has 24 heavy (non-hydrogen) atoms. The number of aromatic nitrogens is 4. The molecular weight excluding hydrogens is 370 g/mol. The van der Waals surface area contributed by atoms with Crippen LogP contribution < -0.4 is 10.6 Å². The van der Waals surface area contributed by atoms with Crippen LogP contribution >= 0.6 is 15.9 Å². The highest BCUT2D eigenvalue weighted by atomic mass is 79.9. The largest absolute Gasteiger partial charge is 0.369 e. The first-order chi connectivity index (χ1) is 11.7. The predicted octanol–water partition coefficient (Wildman–Crippen LogP) is 3.57. The molecule has 4 rings (SSSR count). The summed E-state index contributed by atoms with van der Waals surface area (Å²) in [5.74, 6) is 1.91. The molecule has 0 spiro atoms. The van der Waals surface area contributed by atoms with E-state index in [1.54, 1.807) is 6.20 Å². The van der Waals surface area contributed by atoms with Gasteiger partial charge in [-0.2, -0.15) is 15.3 Å². The van der Waals surface area contributed by atoms with Crippen LogP contribution in [0.2, 0.25) is 0 Å². The third-order valence-electron chi connectivity index (χ3n) is 4.32. The number of nitrogens with zero attached hydrogens (tertiary/aromatic N) is 5. The Kier molecular flexibility index (Phi) is 3.88. The van der Waals surface area contributed by atoms with Crippen molar-refractivity contribution in [3.63, 3.8) is 0 Å². The molecule has 2 aliphatic rings. The molecule has 2 heterocycles. The van der Waals surface area contributed by atoms with Gasteiger partial charge in [0.1, 0.15) is 5.82 Å². The molecular formula is C16H18BrN7. The van der Waals surface area contributed by atoms with Crippen molar-refractivity contribution in [3.05, 3.63) is 22.6 Å². The Hall–Kier alpha value is -2.14. The summed E-state index contributed by atoms with van der Waals surface area (Å²) in [5, 5.41) is 20.3. The fourth-order valence-corrected chi connectivity index (χ4v) is 3.11. The lowest BCUT2D eigenvalue weighted by Crippen LogP contribution is -2.04. The van der Waals surface area contributed by atoms with E-state index in [4.69, 9.17) is 10.4 Å². The lowest BCUT2D eigenvalue weighted by atomic mass is 10.2. The van der Waals surface area contributed by atoms with E-state index >= 15 is 0 Å². The highest BCUT2D eigenvalue weighted by molar-refractivity contribution is 9.10. The van der Waals surface area contributed by atoms with Crippen molar-refractivity contribution in [1.82, 2.24) is 19.7 Å². The summed E-state index contributed by atoms with van der Waals surface area (Å²) in [4.78, 5) is 8.85. The molecule has 2 aromatic heterocycles. The number of hydrogen-bond acceptors (Lipinski definition) is 6. The summed E-state index contributed by atoms with van der Waals surface area (Å²) in [6, 6.07) is 2.53. The van der Waals surface area contributed by atoms with Crippen molar-refractivity contribution in [3.8, 4) is 6.07 Å². The average Bonchev–Trinajstić information content (AvgIpc) is 3.49. The van der Waals surface area contributed by atoms with Crippen molar-refractivity contribution in [2.45, 2.75) is 38.1 Å². The molecule has 0 saturated heterocycles. The summed E-state index contributed by atoms with van der Waals surface area (Å²) in [6.07, 6.45) is 6.96. The molecule has 7 nitrogen and oxygen atoms in total. The van der Waals surface area contributed by atoms with Gasteiger partial charge in [0.05, 0.1) is 33.9 Å². The van der Waals surface area contributed by atoms with Crippen LogP contribution in [0.25, 0.3) is 0 Å². The summed E-state index contributed by atoms with van der Waals surface area (Å²) < 4.78 is 2.77. The highest BCUT2D eigenvalue weighted by Gasteiger charge is 2.41. The Labute approximate surface area is 148 Å². The van der Waals surface area contributed by atoms with Gasteiger partial charge in [0, 0.05) is 24.9 Å². The lowest BCUT2D eigenvalue weighted by molar-refractivity contribution is 0.611. The van der Waals surface area contributed by atoms with E-state index < -0.39 is 0 Å². The number of nitrogens with one attached hydrogen (secondary N) is 2. The molecule has 0 aliphatic heterocycles. The maximum Gasteiger partial charge on any atom is 0.229 e. The van der Waals surface area contributed by atoms with Crippen molar-refractivity contribution in [2.75, 3.05) is 17.2 Å². The zero-order chi connectivity index (χ0) is 16.7. The first-order valence-corrected chi connectivity index (χ1v) is 9.01. The Bertz CT molecular complexity index is 805. The third-order valence-corrected chi connectivity index (χ3v) is 4.90. The van der Waals surface area contributed by atoms with Crippen LogP contribution in [-0.4, -0.2) is 26.3 Å². The third kappa shape index (κ3) is 2.96. The van der Waals surface area contributed by atoms with Gasteiger partial charge >= 0.3 is 0 Å². The molecule has 2 atom stereocenters. The molecule has 2 saturated carbocycles. The van der Waals surface area contributed by atoms with Gasteiger partial charge in [0.25, 0.3) is 0 Å². The second-order valence-corrected chi connectivity index (χ2v) is 7.12. The van der Waals surface area contributed by atoms with Crippen molar-refractivity contribution < 1.29 is 0 Å². The number of rotatable bonds is 6. The van der Waals surface area contributed by atoms with E-state index in [1.165, 1.54) is 12.8 Å². The highest BCUT2D eigenvalue weighted by Crippen LogP contribution is 2.47. The van der Waals surface area contributed by atoms with Crippen LogP contribution in [0.1, 0.15) is 43.8 Å². The molecule has 2 fully saturated rings. The van der Waals surface area contributed by atoms with Crippen LogP contribution in [0.3, 0.4) is 0 Å². The Morgan fingerprint density at radius 2 is 2.29 bits per heavy atom. The van der Waals surface area contributed by atoms with Gasteiger partial charge in [0.15, 0.2) is 0 Å². The second-order valence-electron chi connectivity index (χ2n) is 6.27. The van der Waals surface area contributed by atoms with Gasteiger partial charge < -0.3 is 10.6 Å². The van der Waals surface area contributed by atoms with E-state index in [0.29, 0.717) is 11.9 Å². The Morgan fingerprint density at radius 1 is 1.46 bits per heavy atom. The molecule has 8 heteroatoms. The topological polar surface area (TPSA) is 91.5 Å². The van der Waals surface area contributed by atoms with E-state index in [0.717, 1.165) is 34.6 Å². The molecule has 2 aromatic rings. The zero-order valence-electron chi connectivity index (χ0n) is 13.3. The Morgan fingerprint density at radius 3 is 2.96 bits per heavy atom. The average molecular weight is 388 g/mol. The number of nitriles is 1. The molecule has 124 valence electrons. The summed E-state index contributed by atoms with van der Waals surface area (Å²) in [6.45, 7) is 2.82. The van der Waals surface area contributed by atoms with Gasteiger partial charge in [0.2, 0.25) is 5.95 Å². The lowest BCUT2D eigenvalue weighted by Gasteiger charge is -2.08. The fraction of sp³-hybridized carbons (Fsp3) is 0.500. The van der Waals surface area contributed by atoms with E-state index in [1.807, 2.05) is 17.8 Å². The maximum atomic E-state index is 9.04. The minimum Gasteiger partial charge on any atom is -0.369 e. The quantitative estimate of drug-likeness (QED) is 0.786. The van der Waals surface area contributed by atoms with Gasteiger partial charge in [-0.3, -0.25) is 4.68 Å². The first kappa shape index (κ1) is 15.4. The molecule has 0 amide bonds. The Balaban J connectivity index is 1.60. The van der Waals surface area contributed by atoms with E-state index in [-0.39, 0.29) is 12.0 Å². The minimum atomic E-state index is 0.0918. The monoisotopic (exact) mass is 387 g/mol. The second kappa shape index (κ2) is 6.06. The summed E-state index contributed by atoms with van der Waals surface area (Å²) in [5.41, 5.74) is 2.01. The standard InChI is InChI=1S/C16H18BrN7/c1-2-19-15-11(17)7-20-16(22-15)21-12-8-24(13-5-10(13)6-18)23-14(12)9-3-4-9/h7-10,13H,2-5H2,1H3,(H2,19,20,21,22)/t10?,13-/m1/s1. The fourth-order valence-electron chi connectivity index (χ4n) is 2.78. The predicted molar refractivity (Wildman–Crippen MR) is 94.1 cm³/mol. The van der Waals surface area contributed by atoms with Crippen molar-refractivity contribution in [2.24, 2.45) is 5.92 Å². The van der Waals surface area contributed by atoms with Gasteiger partial charge in [-0.25, -0.2) is 4.98 Å². The number of anilines is 3. The molecule has 1 unspecified atom stereocenters. The molecule has 2 N–H and O–H groups in total. The van der Waals surface area contributed by atoms with E-state index in [9.17, 15) is 0 Å². The number of hydrogen-bond donors (Lipinski definition) is 2. The van der Waals surface area contributed by atoms with Crippen LogP contribution in [-0.2, 0) is 0 Å². The smallest absolute Gasteiger partial charge is 0.229 e. The summed E-state index contributed by atoms with van der Waals surface area (Å²) in [7, 11) is 0. The van der Waals surface area contributed by atoms with Crippen LogP contribution in [0.15, 0.2) is 16.9 Å². The van der Waals surface area contributed by atoms with Crippen LogP contribution in [0.5, 0.6) is 0 Å².